The van der Waals surface area contributed by atoms with Crippen molar-refractivity contribution in [3.8, 4) is 17.2 Å². The van der Waals surface area contributed by atoms with Crippen LogP contribution in [-0.2, 0) is 0 Å². The van der Waals surface area contributed by atoms with E-state index in [-0.39, 0.29) is 0 Å². The van der Waals surface area contributed by atoms with Crippen molar-refractivity contribution in [1.29, 1.82) is 0 Å². The van der Waals surface area contributed by atoms with Crippen molar-refractivity contribution in [2.24, 2.45) is 0 Å². The van der Waals surface area contributed by atoms with Gasteiger partial charge in [-0.2, -0.15) is 0 Å². The second-order valence-electron chi connectivity index (χ2n) is 5.39. The van der Waals surface area contributed by atoms with Gasteiger partial charge in [0, 0.05) is 6.07 Å². The van der Waals surface area contributed by atoms with Gasteiger partial charge in [-0.25, -0.2) is 4.98 Å². The van der Waals surface area contributed by atoms with Gasteiger partial charge in [0.2, 0.25) is 0 Å². The predicted octanol–water partition coefficient (Wildman–Crippen LogP) is 5.84. The van der Waals surface area contributed by atoms with Gasteiger partial charge >= 0.3 is 0 Å². The van der Waals surface area contributed by atoms with Crippen LogP contribution in [0.5, 0.6) is 17.2 Å². The lowest BCUT2D eigenvalue weighted by Crippen LogP contribution is -1.93. The summed E-state index contributed by atoms with van der Waals surface area (Å²) in [4.78, 5) is 4.64. The average molecular weight is 348 g/mol. The molecule has 1 heterocycles. The first-order chi connectivity index (χ1) is 12.3. The topological polar surface area (TPSA) is 43.4 Å². The molecule has 0 amide bonds. The van der Waals surface area contributed by atoms with E-state index in [0.29, 0.717) is 0 Å². The molecule has 0 unspecified atom stereocenters. The van der Waals surface area contributed by atoms with Gasteiger partial charge in [-0.15, -0.1) is 0 Å². The molecule has 1 N–H and O–H groups in total. The van der Waals surface area contributed by atoms with Gasteiger partial charge in [-0.05, 0) is 36.4 Å². The number of rotatable bonds is 5. The minimum atomic E-state index is 0.755. The molecule has 0 spiro atoms. The Morgan fingerprint density at radius 3 is 2.52 bits per heavy atom. The Bertz CT molecular complexity index is 999. The first-order valence-electron chi connectivity index (χ1n) is 7.85. The van der Waals surface area contributed by atoms with Gasteiger partial charge in [-0.3, -0.25) is 0 Å². The Kier molecular flexibility index (Phi) is 4.23. The summed E-state index contributed by atoms with van der Waals surface area (Å²) in [6.45, 7) is 0. The second-order valence-corrected chi connectivity index (χ2v) is 6.42. The number of hydrogen-bond donors (Lipinski definition) is 1. The fourth-order valence-electron chi connectivity index (χ4n) is 2.48. The highest BCUT2D eigenvalue weighted by molar-refractivity contribution is 7.22. The maximum atomic E-state index is 5.99. The van der Waals surface area contributed by atoms with Crippen molar-refractivity contribution >= 4 is 32.4 Å². The molecule has 124 valence electrons. The van der Waals surface area contributed by atoms with E-state index in [1.165, 1.54) is 0 Å². The Morgan fingerprint density at radius 2 is 1.68 bits per heavy atom. The molecule has 4 rings (SSSR count). The van der Waals surface area contributed by atoms with Crippen LogP contribution in [0.4, 0.5) is 10.8 Å². The minimum Gasteiger partial charge on any atom is -0.497 e. The number of nitrogens with one attached hydrogen (secondary N) is 1. The number of thiazole rings is 1. The Morgan fingerprint density at radius 1 is 0.880 bits per heavy atom. The van der Waals surface area contributed by atoms with Crippen molar-refractivity contribution in [2.75, 3.05) is 12.4 Å². The molecular weight excluding hydrogens is 332 g/mol. The van der Waals surface area contributed by atoms with Crippen molar-refractivity contribution in [2.45, 2.75) is 0 Å². The number of ether oxygens (including phenoxy) is 2. The average Bonchev–Trinajstić information content (AvgIpc) is 3.05. The van der Waals surface area contributed by atoms with Crippen LogP contribution in [0.15, 0.2) is 72.8 Å². The molecule has 0 fully saturated rings. The predicted molar refractivity (Wildman–Crippen MR) is 102 cm³/mol. The quantitative estimate of drug-likeness (QED) is 0.492. The summed E-state index contributed by atoms with van der Waals surface area (Å²) in [6.07, 6.45) is 0. The van der Waals surface area contributed by atoms with Gasteiger partial charge in [0.15, 0.2) is 10.9 Å². The zero-order valence-corrected chi connectivity index (χ0v) is 14.4. The van der Waals surface area contributed by atoms with Crippen LogP contribution < -0.4 is 14.8 Å². The molecule has 3 aromatic carbocycles. The zero-order chi connectivity index (χ0) is 17.1. The summed E-state index contributed by atoms with van der Waals surface area (Å²) in [5, 5.41) is 4.17. The highest BCUT2D eigenvalue weighted by Gasteiger charge is 2.09. The molecule has 0 bridgehead atoms. The smallest absolute Gasteiger partial charge is 0.188 e. The van der Waals surface area contributed by atoms with Gasteiger partial charge in [-0.1, -0.05) is 41.7 Å². The van der Waals surface area contributed by atoms with Gasteiger partial charge < -0.3 is 14.8 Å². The van der Waals surface area contributed by atoms with Crippen molar-refractivity contribution in [3.63, 3.8) is 0 Å². The number of methoxy groups -OCH3 is 1. The molecule has 0 aliphatic rings. The molecule has 0 aliphatic heterocycles. The molecule has 0 atom stereocenters. The summed E-state index contributed by atoms with van der Waals surface area (Å²) in [7, 11) is 1.66. The van der Waals surface area contributed by atoms with Gasteiger partial charge in [0.05, 0.1) is 23.0 Å². The van der Waals surface area contributed by atoms with E-state index in [1.807, 2.05) is 72.8 Å². The number of fused-ring (bicyclic) bond motifs is 1. The van der Waals surface area contributed by atoms with Gasteiger partial charge in [0.25, 0.3) is 0 Å². The number of aromatic nitrogens is 1. The number of nitrogens with zero attached hydrogens (tertiary/aromatic N) is 1. The fourth-order valence-corrected chi connectivity index (χ4v) is 3.34. The second kappa shape index (κ2) is 6.83. The molecule has 25 heavy (non-hydrogen) atoms. The summed E-state index contributed by atoms with van der Waals surface area (Å²) in [5.41, 5.74) is 1.78. The van der Waals surface area contributed by atoms with Crippen molar-refractivity contribution < 1.29 is 9.47 Å². The first-order valence-corrected chi connectivity index (χ1v) is 8.67. The Hall–Kier alpha value is -3.05. The third-order valence-electron chi connectivity index (χ3n) is 3.69. The monoisotopic (exact) mass is 348 g/mol. The van der Waals surface area contributed by atoms with Crippen LogP contribution in [0.2, 0.25) is 0 Å². The SMILES string of the molecule is COc1ccc2sc(Nc3ccccc3Oc3ccccc3)nc2c1. The number of anilines is 2. The lowest BCUT2D eigenvalue weighted by atomic mass is 10.3. The maximum Gasteiger partial charge on any atom is 0.188 e. The largest absolute Gasteiger partial charge is 0.497 e. The summed E-state index contributed by atoms with van der Waals surface area (Å²) < 4.78 is 12.3. The molecule has 0 radical (unpaired) electrons. The summed E-state index contributed by atoms with van der Waals surface area (Å²) in [5.74, 6) is 2.36. The van der Waals surface area contributed by atoms with E-state index in [0.717, 1.165) is 38.3 Å². The van der Waals surface area contributed by atoms with E-state index < -0.39 is 0 Å². The molecule has 0 saturated heterocycles. The molecule has 4 aromatic rings. The Balaban J connectivity index is 1.62. The molecular formula is C20H16N2O2S. The first kappa shape index (κ1) is 15.5. The fraction of sp³-hybridized carbons (Fsp3) is 0.0500. The lowest BCUT2D eigenvalue weighted by Gasteiger charge is -2.11. The number of para-hydroxylation sites is 3. The van der Waals surface area contributed by atoms with E-state index in [4.69, 9.17) is 9.47 Å². The van der Waals surface area contributed by atoms with Crippen LogP contribution in [-0.4, -0.2) is 12.1 Å². The highest BCUT2D eigenvalue weighted by atomic mass is 32.1. The summed E-state index contributed by atoms with van der Waals surface area (Å²) in [6, 6.07) is 23.5. The van der Waals surface area contributed by atoms with Crippen LogP contribution in [0, 0.1) is 0 Å². The zero-order valence-electron chi connectivity index (χ0n) is 13.6. The molecule has 0 saturated carbocycles. The highest BCUT2D eigenvalue weighted by Crippen LogP contribution is 2.35. The van der Waals surface area contributed by atoms with Crippen LogP contribution >= 0.6 is 11.3 Å². The normalized spacial score (nSPS) is 10.6. The number of hydrogen-bond acceptors (Lipinski definition) is 5. The minimum absolute atomic E-state index is 0.755. The van der Waals surface area contributed by atoms with Crippen molar-refractivity contribution in [1.82, 2.24) is 4.98 Å². The lowest BCUT2D eigenvalue weighted by molar-refractivity contribution is 0.415. The summed E-state index contributed by atoms with van der Waals surface area (Å²) >= 11 is 1.59. The van der Waals surface area contributed by atoms with E-state index >= 15 is 0 Å². The molecule has 5 heteroatoms. The molecule has 4 nitrogen and oxygen atoms in total. The Labute approximate surface area is 149 Å². The maximum absolute atomic E-state index is 5.99. The molecule has 1 aromatic heterocycles. The van der Waals surface area contributed by atoms with Crippen molar-refractivity contribution in [3.05, 3.63) is 72.8 Å². The number of benzene rings is 3. The third kappa shape index (κ3) is 3.41. The standard InChI is InChI=1S/C20H16N2O2S/c1-23-15-11-12-19-17(13-15)22-20(25-19)21-16-9-5-6-10-18(16)24-14-7-3-2-4-8-14/h2-13H,1H3,(H,21,22). The van der Waals surface area contributed by atoms with Gasteiger partial charge in [0.1, 0.15) is 11.5 Å². The van der Waals surface area contributed by atoms with E-state index in [1.54, 1.807) is 18.4 Å². The molecule has 0 aliphatic carbocycles. The van der Waals surface area contributed by atoms with Crippen LogP contribution in [0.3, 0.4) is 0 Å². The van der Waals surface area contributed by atoms with E-state index in [9.17, 15) is 0 Å². The van der Waals surface area contributed by atoms with E-state index in [2.05, 4.69) is 10.3 Å². The third-order valence-corrected chi connectivity index (χ3v) is 4.65. The van der Waals surface area contributed by atoms with Crippen LogP contribution in [0.25, 0.3) is 10.2 Å². The van der Waals surface area contributed by atoms with Crippen LogP contribution in [0.1, 0.15) is 0 Å².